The van der Waals surface area contributed by atoms with E-state index < -0.39 is 5.97 Å². The van der Waals surface area contributed by atoms with Gasteiger partial charge in [0, 0.05) is 11.6 Å². The number of halogens is 1. The van der Waals surface area contributed by atoms with Crippen molar-refractivity contribution in [2.45, 2.75) is 0 Å². The number of carbonyl (C=O) groups is 1. The smallest absolute Gasteiger partial charge is 0.343 e. The van der Waals surface area contributed by atoms with E-state index in [0.29, 0.717) is 30.3 Å². The van der Waals surface area contributed by atoms with E-state index in [4.69, 9.17) is 14.2 Å². The predicted molar refractivity (Wildman–Crippen MR) is 82.9 cm³/mol. The Morgan fingerprint density at radius 2 is 1.57 bits per heavy atom. The van der Waals surface area contributed by atoms with Crippen LogP contribution in [-0.4, -0.2) is 26.3 Å². The van der Waals surface area contributed by atoms with Crippen LogP contribution < -0.4 is 9.47 Å². The highest BCUT2D eigenvalue weighted by molar-refractivity contribution is 9.10. The second kappa shape index (κ2) is 7.81. The minimum absolute atomic E-state index is 0.402. The van der Waals surface area contributed by atoms with Crippen molar-refractivity contribution in [1.82, 2.24) is 0 Å². The number of esters is 1. The van der Waals surface area contributed by atoms with E-state index in [-0.39, 0.29) is 0 Å². The standard InChI is InChI=1S/C16H15BrO4/c1-19-10-11-20-14-6-2-12(3-7-14)16(18)21-15-8-4-13(17)5-9-15/h2-9H,10-11H2,1H3. The molecule has 0 bridgehead atoms. The molecule has 0 heterocycles. The molecular weight excluding hydrogens is 336 g/mol. The third-order valence-corrected chi connectivity index (χ3v) is 3.20. The zero-order chi connectivity index (χ0) is 15.1. The third-order valence-electron chi connectivity index (χ3n) is 2.67. The van der Waals surface area contributed by atoms with E-state index in [9.17, 15) is 4.79 Å². The summed E-state index contributed by atoms with van der Waals surface area (Å²) in [6.07, 6.45) is 0. The topological polar surface area (TPSA) is 44.8 Å². The molecule has 2 aromatic rings. The number of ether oxygens (including phenoxy) is 3. The van der Waals surface area contributed by atoms with Gasteiger partial charge in [-0.15, -0.1) is 0 Å². The zero-order valence-corrected chi connectivity index (χ0v) is 13.1. The molecule has 0 fully saturated rings. The Labute approximate surface area is 131 Å². The maximum absolute atomic E-state index is 12.0. The lowest BCUT2D eigenvalue weighted by Crippen LogP contribution is -2.08. The van der Waals surface area contributed by atoms with Crippen LogP contribution in [0.5, 0.6) is 11.5 Å². The van der Waals surface area contributed by atoms with Crippen LogP contribution in [0.25, 0.3) is 0 Å². The molecule has 5 heteroatoms. The van der Waals surface area contributed by atoms with Crippen LogP contribution in [0.1, 0.15) is 10.4 Å². The summed E-state index contributed by atoms with van der Waals surface area (Å²) in [6, 6.07) is 13.9. The molecule has 4 nitrogen and oxygen atoms in total. The Morgan fingerprint density at radius 3 is 2.19 bits per heavy atom. The Bertz CT molecular complexity index is 578. The molecule has 0 spiro atoms. The van der Waals surface area contributed by atoms with Crippen LogP contribution in [0.2, 0.25) is 0 Å². The van der Waals surface area contributed by atoms with Gasteiger partial charge in [0.05, 0.1) is 12.2 Å². The first-order valence-electron chi connectivity index (χ1n) is 6.38. The number of carbonyl (C=O) groups excluding carboxylic acids is 1. The molecule has 0 unspecified atom stereocenters. The summed E-state index contributed by atoms with van der Waals surface area (Å²) < 4.78 is 16.5. The normalized spacial score (nSPS) is 10.2. The molecule has 0 saturated heterocycles. The zero-order valence-electron chi connectivity index (χ0n) is 11.5. The highest BCUT2D eigenvalue weighted by Gasteiger charge is 2.08. The number of rotatable bonds is 6. The largest absolute Gasteiger partial charge is 0.491 e. The summed E-state index contributed by atoms with van der Waals surface area (Å²) in [4.78, 5) is 12.0. The van der Waals surface area contributed by atoms with Crippen molar-refractivity contribution in [2.24, 2.45) is 0 Å². The van der Waals surface area contributed by atoms with Crippen molar-refractivity contribution in [3.63, 3.8) is 0 Å². The van der Waals surface area contributed by atoms with Crippen molar-refractivity contribution in [3.05, 3.63) is 58.6 Å². The average molecular weight is 351 g/mol. The summed E-state index contributed by atoms with van der Waals surface area (Å²) in [7, 11) is 1.62. The van der Waals surface area contributed by atoms with Crippen LogP contribution in [-0.2, 0) is 4.74 Å². The van der Waals surface area contributed by atoms with Crippen LogP contribution >= 0.6 is 15.9 Å². The quantitative estimate of drug-likeness (QED) is 0.452. The molecule has 0 N–H and O–H groups in total. The molecule has 0 saturated carbocycles. The lowest BCUT2D eigenvalue weighted by molar-refractivity contribution is 0.0734. The van der Waals surface area contributed by atoms with Gasteiger partial charge in [0.15, 0.2) is 0 Å². The molecule has 0 aromatic heterocycles. The molecule has 0 aliphatic carbocycles. The fourth-order valence-corrected chi connectivity index (χ4v) is 1.86. The summed E-state index contributed by atoms with van der Waals surface area (Å²) in [5, 5.41) is 0. The van der Waals surface area contributed by atoms with E-state index in [0.717, 1.165) is 4.47 Å². The first kappa shape index (κ1) is 15.5. The van der Waals surface area contributed by atoms with E-state index in [1.807, 2.05) is 12.1 Å². The highest BCUT2D eigenvalue weighted by Crippen LogP contribution is 2.18. The van der Waals surface area contributed by atoms with Gasteiger partial charge >= 0.3 is 5.97 Å². The molecule has 2 aromatic carbocycles. The second-order valence-corrected chi connectivity index (χ2v) is 5.12. The fourth-order valence-electron chi connectivity index (χ4n) is 1.60. The van der Waals surface area contributed by atoms with Crippen LogP contribution in [0, 0.1) is 0 Å². The fraction of sp³-hybridized carbons (Fsp3) is 0.188. The van der Waals surface area contributed by atoms with Gasteiger partial charge in [-0.3, -0.25) is 0 Å². The van der Waals surface area contributed by atoms with Gasteiger partial charge in [0.1, 0.15) is 18.1 Å². The maximum atomic E-state index is 12.0. The Kier molecular flexibility index (Phi) is 5.78. The molecule has 0 amide bonds. The van der Waals surface area contributed by atoms with Crippen molar-refractivity contribution in [1.29, 1.82) is 0 Å². The molecule has 110 valence electrons. The predicted octanol–water partition coefficient (Wildman–Crippen LogP) is 3.69. The molecule has 0 aliphatic rings. The van der Waals surface area contributed by atoms with Gasteiger partial charge in [-0.1, -0.05) is 15.9 Å². The number of methoxy groups -OCH3 is 1. The number of benzene rings is 2. The maximum Gasteiger partial charge on any atom is 0.343 e. The summed E-state index contributed by atoms with van der Waals surface area (Å²) >= 11 is 3.33. The molecule has 0 radical (unpaired) electrons. The Morgan fingerprint density at radius 1 is 0.952 bits per heavy atom. The molecule has 0 aliphatic heterocycles. The van der Waals surface area contributed by atoms with Crippen molar-refractivity contribution >= 4 is 21.9 Å². The van der Waals surface area contributed by atoms with Crippen LogP contribution in [0.15, 0.2) is 53.0 Å². The minimum atomic E-state index is -0.402. The van der Waals surface area contributed by atoms with Gasteiger partial charge in [0.25, 0.3) is 0 Å². The van der Waals surface area contributed by atoms with Crippen molar-refractivity contribution in [2.75, 3.05) is 20.3 Å². The SMILES string of the molecule is COCCOc1ccc(C(=O)Oc2ccc(Br)cc2)cc1. The van der Waals surface area contributed by atoms with Gasteiger partial charge in [-0.2, -0.15) is 0 Å². The average Bonchev–Trinajstić information content (AvgIpc) is 2.50. The summed E-state index contributed by atoms with van der Waals surface area (Å²) in [6.45, 7) is 0.993. The monoisotopic (exact) mass is 350 g/mol. The first-order chi connectivity index (χ1) is 10.2. The molecular formula is C16H15BrO4. The van der Waals surface area contributed by atoms with Gasteiger partial charge in [-0.05, 0) is 48.5 Å². The summed E-state index contributed by atoms with van der Waals surface area (Å²) in [5.41, 5.74) is 0.469. The summed E-state index contributed by atoms with van der Waals surface area (Å²) in [5.74, 6) is 0.789. The molecule has 2 rings (SSSR count). The van der Waals surface area contributed by atoms with Crippen molar-refractivity contribution in [3.8, 4) is 11.5 Å². The first-order valence-corrected chi connectivity index (χ1v) is 7.18. The lowest BCUT2D eigenvalue weighted by atomic mass is 10.2. The third kappa shape index (κ3) is 4.88. The second-order valence-electron chi connectivity index (χ2n) is 4.21. The van der Waals surface area contributed by atoms with Gasteiger partial charge < -0.3 is 14.2 Å². The highest BCUT2D eigenvalue weighted by atomic mass is 79.9. The molecule has 21 heavy (non-hydrogen) atoms. The Hall–Kier alpha value is -1.85. The Balaban J connectivity index is 1.94. The van der Waals surface area contributed by atoms with E-state index in [2.05, 4.69) is 15.9 Å². The molecule has 0 atom stereocenters. The minimum Gasteiger partial charge on any atom is -0.491 e. The van der Waals surface area contributed by atoms with E-state index in [1.165, 1.54) is 0 Å². The van der Waals surface area contributed by atoms with Gasteiger partial charge in [0.2, 0.25) is 0 Å². The van der Waals surface area contributed by atoms with Crippen LogP contribution in [0.4, 0.5) is 0 Å². The van der Waals surface area contributed by atoms with Crippen LogP contribution in [0.3, 0.4) is 0 Å². The number of hydrogen-bond acceptors (Lipinski definition) is 4. The lowest BCUT2D eigenvalue weighted by Gasteiger charge is -2.07. The van der Waals surface area contributed by atoms with E-state index in [1.54, 1.807) is 43.5 Å². The van der Waals surface area contributed by atoms with Crippen molar-refractivity contribution < 1.29 is 19.0 Å². The number of hydrogen-bond donors (Lipinski definition) is 0. The van der Waals surface area contributed by atoms with Gasteiger partial charge in [-0.25, -0.2) is 4.79 Å². The van der Waals surface area contributed by atoms with E-state index >= 15 is 0 Å².